The van der Waals surface area contributed by atoms with Crippen LogP contribution in [0.5, 0.6) is 5.75 Å². The Morgan fingerprint density at radius 3 is 2.67 bits per heavy atom. The number of methoxy groups -OCH3 is 1. The average molecular weight is 246 g/mol. The molecule has 0 spiro atoms. The molecule has 0 amide bonds. The molecule has 0 unspecified atom stereocenters. The van der Waals surface area contributed by atoms with Crippen molar-refractivity contribution in [2.45, 2.75) is 6.92 Å². The third kappa shape index (κ3) is 1.84. The maximum Gasteiger partial charge on any atom is 0.342 e. The third-order valence-corrected chi connectivity index (χ3v) is 2.88. The van der Waals surface area contributed by atoms with E-state index in [-0.39, 0.29) is 5.75 Å². The monoisotopic (exact) mass is 246 g/mol. The van der Waals surface area contributed by atoms with E-state index in [4.69, 9.17) is 4.74 Å². The van der Waals surface area contributed by atoms with Crippen LogP contribution in [0.4, 0.5) is 0 Å². The van der Waals surface area contributed by atoms with Gasteiger partial charge in [0.2, 0.25) is 0 Å². The highest BCUT2D eigenvalue weighted by atomic mass is 16.5. The van der Waals surface area contributed by atoms with Gasteiger partial charge in [0.25, 0.3) is 0 Å². The van der Waals surface area contributed by atoms with Gasteiger partial charge in [-0.2, -0.15) is 5.10 Å². The standard InChI is InChI=1S/C13H14N2O3/c1-8-11(13(17)18-3)12(14-15(8)2)9-6-4-5-7-10(9)16/h4-7,16H,1-3H3. The van der Waals surface area contributed by atoms with Gasteiger partial charge in [-0.25, -0.2) is 4.79 Å². The number of para-hydroxylation sites is 1. The van der Waals surface area contributed by atoms with Crippen LogP contribution in [0.15, 0.2) is 24.3 Å². The van der Waals surface area contributed by atoms with Gasteiger partial charge in [0, 0.05) is 12.6 Å². The molecular formula is C13H14N2O3. The number of nitrogens with zero attached hydrogens (tertiary/aromatic N) is 2. The molecule has 0 saturated heterocycles. The van der Waals surface area contributed by atoms with Crippen molar-refractivity contribution in [1.82, 2.24) is 9.78 Å². The number of phenolic OH excluding ortho intramolecular Hbond substituents is 1. The van der Waals surface area contributed by atoms with Crippen LogP contribution in [0.2, 0.25) is 0 Å². The zero-order valence-corrected chi connectivity index (χ0v) is 10.5. The first kappa shape index (κ1) is 12.2. The Labute approximate surface area is 105 Å². The molecule has 1 heterocycles. The quantitative estimate of drug-likeness (QED) is 0.822. The number of carbonyl (C=O) groups excluding carboxylic acids is 1. The summed E-state index contributed by atoms with van der Waals surface area (Å²) in [5.41, 5.74) is 2.02. The summed E-state index contributed by atoms with van der Waals surface area (Å²) in [5.74, 6) is -0.375. The fourth-order valence-corrected chi connectivity index (χ4v) is 1.82. The average Bonchev–Trinajstić information content (AvgIpc) is 2.65. The predicted octanol–water partition coefficient (Wildman–Crippen LogP) is 1.89. The minimum Gasteiger partial charge on any atom is -0.507 e. The lowest BCUT2D eigenvalue weighted by Crippen LogP contribution is -2.04. The Balaban J connectivity index is 2.69. The van der Waals surface area contributed by atoms with E-state index in [0.29, 0.717) is 22.5 Å². The molecule has 0 aliphatic carbocycles. The first-order valence-electron chi connectivity index (χ1n) is 5.46. The highest BCUT2D eigenvalue weighted by Crippen LogP contribution is 2.31. The summed E-state index contributed by atoms with van der Waals surface area (Å²) in [7, 11) is 3.06. The molecule has 0 aliphatic rings. The molecule has 94 valence electrons. The van der Waals surface area contributed by atoms with Crippen LogP contribution in [0.1, 0.15) is 16.1 Å². The highest BCUT2D eigenvalue weighted by molar-refractivity contribution is 5.98. The zero-order valence-electron chi connectivity index (χ0n) is 10.5. The molecule has 5 heteroatoms. The summed E-state index contributed by atoms with van der Waals surface area (Å²) >= 11 is 0. The molecule has 18 heavy (non-hydrogen) atoms. The van der Waals surface area contributed by atoms with E-state index >= 15 is 0 Å². The van der Waals surface area contributed by atoms with Crippen molar-refractivity contribution in [2.24, 2.45) is 7.05 Å². The van der Waals surface area contributed by atoms with E-state index in [1.165, 1.54) is 7.11 Å². The second kappa shape index (κ2) is 4.52. The number of rotatable bonds is 2. The van der Waals surface area contributed by atoms with Gasteiger partial charge in [-0.15, -0.1) is 0 Å². The van der Waals surface area contributed by atoms with Crippen LogP contribution < -0.4 is 0 Å². The van der Waals surface area contributed by atoms with Crippen molar-refractivity contribution in [2.75, 3.05) is 7.11 Å². The van der Waals surface area contributed by atoms with Gasteiger partial charge in [-0.3, -0.25) is 4.68 Å². The molecule has 0 fully saturated rings. The largest absolute Gasteiger partial charge is 0.507 e. The fraction of sp³-hybridized carbons (Fsp3) is 0.231. The Bertz CT molecular complexity index is 602. The summed E-state index contributed by atoms with van der Waals surface area (Å²) < 4.78 is 6.35. The molecule has 0 saturated carbocycles. The maximum atomic E-state index is 11.8. The van der Waals surface area contributed by atoms with E-state index in [1.54, 1.807) is 42.9 Å². The van der Waals surface area contributed by atoms with Crippen LogP contribution in [0.3, 0.4) is 0 Å². The fourth-order valence-electron chi connectivity index (χ4n) is 1.82. The number of benzene rings is 1. The third-order valence-electron chi connectivity index (χ3n) is 2.88. The lowest BCUT2D eigenvalue weighted by molar-refractivity contribution is 0.0600. The predicted molar refractivity (Wildman–Crippen MR) is 66.4 cm³/mol. The number of carbonyl (C=O) groups is 1. The molecule has 2 rings (SSSR count). The molecule has 0 atom stereocenters. The second-order valence-electron chi connectivity index (χ2n) is 3.94. The number of phenols is 1. The lowest BCUT2D eigenvalue weighted by Gasteiger charge is -2.03. The van der Waals surface area contributed by atoms with Crippen molar-refractivity contribution < 1.29 is 14.6 Å². The van der Waals surface area contributed by atoms with Crippen LogP contribution in [-0.4, -0.2) is 28.0 Å². The lowest BCUT2D eigenvalue weighted by atomic mass is 10.1. The highest BCUT2D eigenvalue weighted by Gasteiger charge is 2.23. The Morgan fingerprint density at radius 1 is 1.39 bits per heavy atom. The Hall–Kier alpha value is -2.30. The molecule has 0 aliphatic heterocycles. The Kier molecular flexibility index (Phi) is 3.06. The van der Waals surface area contributed by atoms with Gasteiger partial charge in [-0.1, -0.05) is 12.1 Å². The van der Waals surface area contributed by atoms with Gasteiger partial charge in [-0.05, 0) is 19.1 Å². The summed E-state index contributed by atoms with van der Waals surface area (Å²) in [5, 5.41) is 14.1. The molecule has 1 aromatic carbocycles. The van der Waals surface area contributed by atoms with Crippen molar-refractivity contribution >= 4 is 5.97 Å². The summed E-state index contributed by atoms with van der Waals surface area (Å²) in [6, 6.07) is 6.76. The molecule has 0 bridgehead atoms. The van der Waals surface area contributed by atoms with E-state index in [2.05, 4.69) is 5.10 Å². The van der Waals surface area contributed by atoms with Crippen molar-refractivity contribution in [1.29, 1.82) is 0 Å². The Morgan fingerprint density at radius 2 is 2.06 bits per heavy atom. The molecule has 1 aromatic heterocycles. The summed E-state index contributed by atoms with van der Waals surface area (Å²) in [6.45, 7) is 1.78. The SMILES string of the molecule is COC(=O)c1c(-c2ccccc2O)nn(C)c1C. The van der Waals surface area contributed by atoms with Gasteiger partial charge < -0.3 is 9.84 Å². The number of aryl methyl sites for hydroxylation is 1. The minimum absolute atomic E-state index is 0.0840. The topological polar surface area (TPSA) is 64.3 Å². The first-order valence-corrected chi connectivity index (χ1v) is 5.46. The summed E-state index contributed by atoms with van der Waals surface area (Å²) in [4.78, 5) is 11.8. The molecule has 0 radical (unpaired) electrons. The molecular weight excluding hydrogens is 232 g/mol. The van der Waals surface area contributed by atoms with Crippen LogP contribution in [0, 0.1) is 6.92 Å². The van der Waals surface area contributed by atoms with Gasteiger partial charge in [0.1, 0.15) is 17.0 Å². The van der Waals surface area contributed by atoms with Crippen LogP contribution in [0.25, 0.3) is 11.3 Å². The van der Waals surface area contributed by atoms with E-state index in [1.807, 2.05) is 0 Å². The van der Waals surface area contributed by atoms with Crippen molar-refractivity contribution in [3.63, 3.8) is 0 Å². The number of ether oxygens (including phenoxy) is 1. The van der Waals surface area contributed by atoms with Gasteiger partial charge in [0.15, 0.2) is 0 Å². The van der Waals surface area contributed by atoms with Gasteiger partial charge >= 0.3 is 5.97 Å². The van der Waals surface area contributed by atoms with E-state index in [9.17, 15) is 9.90 Å². The number of esters is 1. The minimum atomic E-state index is -0.459. The smallest absolute Gasteiger partial charge is 0.342 e. The number of hydrogen-bond donors (Lipinski definition) is 1. The van der Waals surface area contributed by atoms with Crippen LogP contribution >= 0.6 is 0 Å². The second-order valence-corrected chi connectivity index (χ2v) is 3.94. The van der Waals surface area contributed by atoms with Crippen molar-refractivity contribution in [3.8, 4) is 17.0 Å². The van der Waals surface area contributed by atoms with Gasteiger partial charge in [0.05, 0.1) is 12.8 Å². The molecule has 2 aromatic rings. The normalized spacial score (nSPS) is 10.4. The first-order chi connectivity index (χ1) is 8.56. The number of hydrogen-bond acceptors (Lipinski definition) is 4. The summed E-state index contributed by atoms with van der Waals surface area (Å²) in [6.07, 6.45) is 0. The van der Waals surface area contributed by atoms with E-state index in [0.717, 1.165) is 0 Å². The zero-order chi connectivity index (χ0) is 13.3. The maximum absolute atomic E-state index is 11.8. The molecule has 1 N–H and O–H groups in total. The van der Waals surface area contributed by atoms with Crippen LogP contribution in [-0.2, 0) is 11.8 Å². The van der Waals surface area contributed by atoms with E-state index < -0.39 is 5.97 Å². The van der Waals surface area contributed by atoms with Crippen molar-refractivity contribution in [3.05, 3.63) is 35.5 Å². The number of aromatic nitrogens is 2. The number of aromatic hydroxyl groups is 1. The molecule has 5 nitrogen and oxygen atoms in total.